The first-order valence-corrected chi connectivity index (χ1v) is 7.97. The van der Waals surface area contributed by atoms with E-state index < -0.39 is 11.8 Å². The van der Waals surface area contributed by atoms with Gasteiger partial charge in [-0.05, 0) is 30.3 Å². The predicted molar refractivity (Wildman–Crippen MR) is 96.0 cm³/mol. The largest absolute Gasteiger partial charge is 0.458 e. The van der Waals surface area contributed by atoms with Crippen molar-refractivity contribution in [3.05, 3.63) is 96.1 Å². The van der Waals surface area contributed by atoms with Gasteiger partial charge in [-0.1, -0.05) is 36.4 Å². The predicted octanol–water partition coefficient (Wildman–Crippen LogP) is 4.77. The van der Waals surface area contributed by atoms with Gasteiger partial charge in [0.15, 0.2) is 0 Å². The van der Waals surface area contributed by atoms with Gasteiger partial charge in [-0.2, -0.15) is 0 Å². The second-order valence-electron chi connectivity index (χ2n) is 5.36. The molecule has 0 amide bonds. The van der Waals surface area contributed by atoms with Crippen LogP contribution in [0.25, 0.3) is 6.08 Å². The van der Waals surface area contributed by atoms with Crippen molar-refractivity contribution >= 4 is 12.0 Å². The van der Waals surface area contributed by atoms with E-state index in [-0.39, 0.29) is 6.61 Å². The zero-order chi connectivity index (χ0) is 18.2. The van der Waals surface area contributed by atoms with Crippen molar-refractivity contribution in [2.24, 2.45) is 0 Å². The summed E-state index contributed by atoms with van der Waals surface area (Å²) in [6.45, 7) is 0.0386. The number of hydrogen-bond donors (Lipinski definition) is 0. The van der Waals surface area contributed by atoms with Crippen LogP contribution in [-0.4, -0.2) is 11.0 Å². The summed E-state index contributed by atoms with van der Waals surface area (Å²) in [6.07, 6.45) is 5.83. The molecule has 0 aliphatic carbocycles. The Balaban J connectivity index is 1.63. The number of aromatic nitrogens is 1. The molecule has 0 aliphatic rings. The second kappa shape index (κ2) is 8.58. The Hall–Kier alpha value is -3.47. The molecule has 0 unspecified atom stereocenters. The van der Waals surface area contributed by atoms with E-state index in [9.17, 15) is 9.18 Å². The molecule has 4 nitrogen and oxygen atoms in total. The van der Waals surface area contributed by atoms with E-state index in [1.807, 2.05) is 12.1 Å². The normalized spacial score (nSPS) is 10.7. The monoisotopic (exact) mass is 349 g/mol. The Bertz CT molecular complexity index is 910. The van der Waals surface area contributed by atoms with Crippen molar-refractivity contribution in [1.82, 2.24) is 4.98 Å². The summed E-state index contributed by atoms with van der Waals surface area (Å²) >= 11 is 0. The fraction of sp³-hybridized carbons (Fsp3) is 0.0476. The standard InChI is InChI=1S/C21H16FNO3/c22-19-9-3-1-6-16(19)11-12-21(24)25-15-17-7-2-4-10-20(17)26-18-8-5-13-23-14-18/h1-14H,15H2/b12-11+. The molecule has 3 aromatic rings. The van der Waals surface area contributed by atoms with Gasteiger partial charge in [-0.25, -0.2) is 9.18 Å². The van der Waals surface area contributed by atoms with Crippen LogP contribution in [0.4, 0.5) is 4.39 Å². The van der Waals surface area contributed by atoms with Crippen molar-refractivity contribution in [1.29, 1.82) is 0 Å². The summed E-state index contributed by atoms with van der Waals surface area (Å²) in [5.74, 6) is 0.202. The van der Waals surface area contributed by atoms with E-state index >= 15 is 0 Å². The maximum absolute atomic E-state index is 13.5. The van der Waals surface area contributed by atoms with E-state index in [1.165, 1.54) is 18.2 Å². The van der Waals surface area contributed by atoms with Gasteiger partial charge >= 0.3 is 5.97 Å². The number of carbonyl (C=O) groups excluding carboxylic acids is 1. The number of para-hydroxylation sites is 1. The molecule has 0 saturated carbocycles. The van der Waals surface area contributed by atoms with Crippen molar-refractivity contribution in [3.63, 3.8) is 0 Å². The Morgan fingerprint density at radius 2 is 1.85 bits per heavy atom. The second-order valence-corrected chi connectivity index (χ2v) is 5.36. The smallest absolute Gasteiger partial charge is 0.331 e. The Morgan fingerprint density at radius 1 is 1.04 bits per heavy atom. The average molecular weight is 349 g/mol. The van der Waals surface area contributed by atoms with Gasteiger partial charge in [-0.15, -0.1) is 0 Å². The summed E-state index contributed by atoms with van der Waals surface area (Å²) in [5.41, 5.74) is 1.04. The highest BCUT2D eigenvalue weighted by Crippen LogP contribution is 2.25. The van der Waals surface area contributed by atoms with Gasteiger partial charge in [0.25, 0.3) is 0 Å². The summed E-state index contributed by atoms with van der Waals surface area (Å²) < 4.78 is 24.5. The SMILES string of the molecule is O=C(/C=C/c1ccccc1F)OCc1ccccc1Oc1cccnc1. The number of ether oxygens (including phenoxy) is 2. The fourth-order valence-electron chi connectivity index (χ4n) is 2.22. The molecule has 0 aliphatic heterocycles. The lowest BCUT2D eigenvalue weighted by Crippen LogP contribution is -2.02. The average Bonchev–Trinajstić information content (AvgIpc) is 2.67. The molecule has 0 spiro atoms. The van der Waals surface area contributed by atoms with Gasteiger partial charge in [0.1, 0.15) is 23.9 Å². The first-order chi connectivity index (χ1) is 12.7. The molecule has 0 atom stereocenters. The van der Waals surface area contributed by atoms with Crippen LogP contribution in [0.1, 0.15) is 11.1 Å². The molecule has 1 heterocycles. The van der Waals surface area contributed by atoms with Crippen LogP contribution in [0.2, 0.25) is 0 Å². The summed E-state index contributed by atoms with van der Waals surface area (Å²) in [7, 11) is 0. The first-order valence-electron chi connectivity index (χ1n) is 7.97. The highest BCUT2D eigenvalue weighted by Gasteiger charge is 2.07. The third kappa shape index (κ3) is 4.77. The van der Waals surface area contributed by atoms with Crippen LogP contribution < -0.4 is 4.74 Å². The van der Waals surface area contributed by atoms with Gasteiger partial charge in [0.05, 0.1) is 6.20 Å². The van der Waals surface area contributed by atoms with Crippen molar-refractivity contribution in [2.75, 3.05) is 0 Å². The van der Waals surface area contributed by atoms with Crippen molar-refractivity contribution in [3.8, 4) is 11.5 Å². The molecule has 26 heavy (non-hydrogen) atoms. The fourth-order valence-corrected chi connectivity index (χ4v) is 2.22. The van der Waals surface area contributed by atoms with E-state index in [2.05, 4.69) is 4.98 Å². The minimum Gasteiger partial charge on any atom is -0.458 e. The minimum atomic E-state index is -0.565. The molecule has 2 aromatic carbocycles. The molecule has 0 saturated heterocycles. The van der Waals surface area contributed by atoms with E-state index in [0.29, 0.717) is 22.6 Å². The van der Waals surface area contributed by atoms with E-state index in [4.69, 9.17) is 9.47 Å². The van der Waals surface area contributed by atoms with Crippen molar-refractivity contribution in [2.45, 2.75) is 6.61 Å². The van der Waals surface area contributed by atoms with Crippen LogP contribution in [0.5, 0.6) is 11.5 Å². The van der Waals surface area contributed by atoms with Crippen LogP contribution in [0.15, 0.2) is 79.1 Å². The van der Waals surface area contributed by atoms with E-state index in [0.717, 1.165) is 0 Å². The number of nitrogens with zero attached hydrogens (tertiary/aromatic N) is 1. The number of esters is 1. The van der Waals surface area contributed by atoms with Gasteiger partial charge in [0, 0.05) is 23.4 Å². The van der Waals surface area contributed by atoms with Crippen molar-refractivity contribution < 1.29 is 18.7 Å². The molecule has 3 rings (SSSR count). The van der Waals surface area contributed by atoms with Gasteiger partial charge < -0.3 is 9.47 Å². The summed E-state index contributed by atoms with van der Waals surface area (Å²) in [6, 6.07) is 17.0. The lowest BCUT2D eigenvalue weighted by atomic mass is 10.2. The molecule has 1 aromatic heterocycles. The number of hydrogen-bond acceptors (Lipinski definition) is 4. The third-order valence-electron chi connectivity index (χ3n) is 3.51. The lowest BCUT2D eigenvalue weighted by molar-refractivity contribution is -0.138. The number of carbonyl (C=O) groups is 1. The highest BCUT2D eigenvalue weighted by molar-refractivity contribution is 5.87. The highest BCUT2D eigenvalue weighted by atomic mass is 19.1. The zero-order valence-corrected chi connectivity index (χ0v) is 13.8. The summed E-state index contributed by atoms with van der Waals surface area (Å²) in [4.78, 5) is 15.9. The van der Waals surface area contributed by atoms with E-state index in [1.54, 1.807) is 54.9 Å². The van der Waals surface area contributed by atoms with Crippen LogP contribution in [-0.2, 0) is 16.1 Å². The van der Waals surface area contributed by atoms with Gasteiger partial charge in [0.2, 0.25) is 0 Å². The molecule has 0 bridgehead atoms. The third-order valence-corrected chi connectivity index (χ3v) is 3.51. The Kier molecular flexibility index (Phi) is 5.72. The number of pyridine rings is 1. The molecule has 5 heteroatoms. The summed E-state index contributed by atoms with van der Waals surface area (Å²) in [5, 5.41) is 0. The van der Waals surface area contributed by atoms with Crippen LogP contribution in [0.3, 0.4) is 0 Å². The number of rotatable bonds is 6. The quantitative estimate of drug-likeness (QED) is 0.475. The number of halogens is 1. The first kappa shape index (κ1) is 17.4. The molecule has 130 valence electrons. The topological polar surface area (TPSA) is 48.4 Å². The molecular formula is C21H16FNO3. The molecule has 0 N–H and O–H groups in total. The number of benzene rings is 2. The van der Waals surface area contributed by atoms with Crippen LogP contribution >= 0.6 is 0 Å². The van der Waals surface area contributed by atoms with Gasteiger partial charge in [-0.3, -0.25) is 4.98 Å². The Morgan fingerprint density at radius 3 is 2.65 bits per heavy atom. The molecule has 0 radical (unpaired) electrons. The maximum Gasteiger partial charge on any atom is 0.331 e. The lowest BCUT2D eigenvalue weighted by Gasteiger charge is -2.10. The minimum absolute atomic E-state index is 0.0386. The van der Waals surface area contributed by atoms with Crippen LogP contribution in [0, 0.1) is 5.82 Å². The maximum atomic E-state index is 13.5. The zero-order valence-electron chi connectivity index (χ0n) is 13.8. The molecular weight excluding hydrogens is 333 g/mol. The Labute approximate surface area is 150 Å². The molecule has 0 fully saturated rings.